The quantitative estimate of drug-likeness (QED) is 0.274. The average molecular weight is 542 g/mol. The van der Waals surface area contributed by atoms with Crippen LogP contribution in [0.5, 0.6) is 0 Å². The van der Waals surface area contributed by atoms with E-state index in [2.05, 4.69) is 37.8 Å². The molecule has 3 fully saturated rings. The van der Waals surface area contributed by atoms with E-state index in [1.165, 1.54) is 0 Å². The van der Waals surface area contributed by atoms with Crippen molar-refractivity contribution >= 4 is 62.8 Å². The van der Waals surface area contributed by atoms with E-state index in [4.69, 9.17) is 27.6 Å². The molecule has 2 aromatic carbocycles. The van der Waals surface area contributed by atoms with Gasteiger partial charge in [0.25, 0.3) is 5.91 Å². The highest BCUT2D eigenvalue weighted by Crippen LogP contribution is 2.36. The molecule has 6 rings (SSSR count). The molecule has 3 aliphatic heterocycles. The number of carbonyl (C=O) groups excluding carboxylic acids is 1. The zero-order valence-corrected chi connectivity index (χ0v) is 19.0. The molecule has 5 nitrogen and oxygen atoms in total. The first-order chi connectivity index (χ1) is 14.0. The Bertz CT molecular complexity index is 1090. The number of alkyl halides is 1. The molecule has 3 aromatic rings. The highest BCUT2D eigenvalue weighted by molar-refractivity contribution is 14.1. The number of piperidine rings is 3. The van der Waals surface area contributed by atoms with E-state index in [1.54, 1.807) is 24.3 Å². The Balaban J connectivity index is 1.47. The van der Waals surface area contributed by atoms with Crippen LogP contribution in [0, 0.1) is 5.92 Å². The zero-order chi connectivity index (χ0) is 20.1. The van der Waals surface area contributed by atoms with E-state index in [0.717, 1.165) is 25.9 Å². The van der Waals surface area contributed by atoms with Crippen molar-refractivity contribution in [3.8, 4) is 11.5 Å². The van der Waals surface area contributed by atoms with Gasteiger partial charge in [0.2, 0.25) is 5.89 Å². The van der Waals surface area contributed by atoms with Crippen LogP contribution in [0.4, 0.5) is 0 Å². The molecule has 4 heterocycles. The number of para-hydroxylation sites is 1. The SMILES string of the molecule is O=C(NC1C2CCN(CC2)C1I)c1cccc2oc(-c3ccc(Cl)cc3Cl)nc12. The molecule has 1 aromatic heterocycles. The van der Waals surface area contributed by atoms with Gasteiger partial charge in [-0.2, -0.15) is 0 Å². The van der Waals surface area contributed by atoms with Crippen LogP contribution in [0.25, 0.3) is 22.6 Å². The van der Waals surface area contributed by atoms with Gasteiger partial charge in [-0.15, -0.1) is 0 Å². The second-order valence-corrected chi connectivity index (χ2v) is 9.66. The number of nitrogens with zero attached hydrogens (tertiary/aromatic N) is 2. The summed E-state index contributed by atoms with van der Waals surface area (Å²) in [4.78, 5) is 20.2. The molecule has 150 valence electrons. The first-order valence-electron chi connectivity index (χ1n) is 9.55. The Kier molecular flexibility index (Phi) is 5.22. The van der Waals surface area contributed by atoms with Gasteiger partial charge in [-0.1, -0.05) is 51.9 Å². The van der Waals surface area contributed by atoms with Crippen molar-refractivity contribution in [2.24, 2.45) is 5.92 Å². The molecule has 2 unspecified atom stereocenters. The summed E-state index contributed by atoms with van der Waals surface area (Å²) in [7, 11) is 0. The smallest absolute Gasteiger partial charge is 0.253 e. The van der Waals surface area contributed by atoms with Crippen LogP contribution < -0.4 is 5.32 Å². The van der Waals surface area contributed by atoms with Gasteiger partial charge in [0.15, 0.2) is 5.58 Å². The third-order valence-electron chi connectivity index (χ3n) is 5.85. The number of hydrogen-bond donors (Lipinski definition) is 1. The van der Waals surface area contributed by atoms with Gasteiger partial charge in [-0.3, -0.25) is 9.69 Å². The summed E-state index contributed by atoms with van der Waals surface area (Å²) < 4.78 is 6.22. The number of rotatable bonds is 3. The van der Waals surface area contributed by atoms with Gasteiger partial charge in [0, 0.05) is 5.02 Å². The maximum atomic E-state index is 13.1. The minimum Gasteiger partial charge on any atom is -0.436 e. The molecule has 0 saturated carbocycles. The second kappa shape index (κ2) is 7.72. The van der Waals surface area contributed by atoms with Crippen molar-refractivity contribution in [3.05, 3.63) is 52.0 Å². The summed E-state index contributed by atoms with van der Waals surface area (Å²) in [6.45, 7) is 2.24. The zero-order valence-electron chi connectivity index (χ0n) is 15.4. The van der Waals surface area contributed by atoms with E-state index >= 15 is 0 Å². The summed E-state index contributed by atoms with van der Waals surface area (Å²) in [6.07, 6.45) is 2.27. The Hall–Kier alpha value is -1.35. The highest BCUT2D eigenvalue weighted by Gasteiger charge is 2.41. The molecule has 0 aliphatic carbocycles. The van der Waals surface area contributed by atoms with Crippen LogP contribution in [-0.4, -0.2) is 39.0 Å². The van der Waals surface area contributed by atoms with Crippen molar-refractivity contribution < 1.29 is 9.21 Å². The second-order valence-electron chi connectivity index (χ2n) is 7.54. The van der Waals surface area contributed by atoms with E-state index < -0.39 is 0 Å². The Morgan fingerprint density at radius 3 is 2.72 bits per heavy atom. The largest absolute Gasteiger partial charge is 0.436 e. The van der Waals surface area contributed by atoms with Gasteiger partial charge < -0.3 is 9.73 Å². The standard InChI is InChI=1S/C21H18Cl2IN3O2/c22-12-4-5-13(15(23)10-12)21-26-18-14(2-1-3-16(18)29-21)20(28)25-17-11-6-8-27(9-7-11)19(17)24/h1-5,10-11,17,19H,6-9H2,(H,25,28). The van der Waals surface area contributed by atoms with Crippen molar-refractivity contribution in [3.63, 3.8) is 0 Å². The third-order valence-corrected chi connectivity index (χ3v) is 7.96. The maximum absolute atomic E-state index is 13.1. The van der Waals surface area contributed by atoms with Crippen LogP contribution >= 0.6 is 45.8 Å². The lowest BCUT2D eigenvalue weighted by molar-refractivity contribution is 0.0554. The minimum absolute atomic E-state index is 0.113. The average Bonchev–Trinajstić information content (AvgIpc) is 3.14. The molecule has 0 spiro atoms. The number of carbonyl (C=O) groups is 1. The predicted molar refractivity (Wildman–Crippen MR) is 123 cm³/mol. The predicted octanol–water partition coefficient (Wildman–Crippen LogP) is 5.39. The van der Waals surface area contributed by atoms with Crippen LogP contribution in [-0.2, 0) is 0 Å². The lowest BCUT2D eigenvalue weighted by Crippen LogP contribution is -2.61. The van der Waals surface area contributed by atoms with Gasteiger partial charge in [-0.25, -0.2) is 4.98 Å². The fourth-order valence-electron chi connectivity index (χ4n) is 4.30. The molecule has 1 amide bonds. The molecule has 2 bridgehead atoms. The third kappa shape index (κ3) is 3.54. The van der Waals surface area contributed by atoms with Crippen molar-refractivity contribution in [1.29, 1.82) is 0 Å². The maximum Gasteiger partial charge on any atom is 0.253 e. The normalized spacial score (nSPS) is 26.0. The number of halogens is 3. The summed E-state index contributed by atoms with van der Waals surface area (Å²) >= 11 is 14.7. The van der Waals surface area contributed by atoms with E-state index in [1.807, 2.05) is 12.1 Å². The summed E-state index contributed by atoms with van der Waals surface area (Å²) in [5.74, 6) is 0.792. The molecular weight excluding hydrogens is 524 g/mol. The Morgan fingerprint density at radius 2 is 2.00 bits per heavy atom. The van der Waals surface area contributed by atoms with E-state index in [0.29, 0.717) is 48.1 Å². The Morgan fingerprint density at radius 1 is 1.21 bits per heavy atom. The summed E-state index contributed by atoms with van der Waals surface area (Å²) in [5, 5.41) is 4.26. The van der Waals surface area contributed by atoms with Crippen molar-refractivity contribution in [2.75, 3.05) is 13.1 Å². The minimum atomic E-state index is -0.113. The fraction of sp³-hybridized carbons (Fsp3) is 0.333. The number of benzene rings is 2. The first kappa shape index (κ1) is 19.6. The van der Waals surface area contributed by atoms with E-state index in [-0.39, 0.29) is 11.9 Å². The number of hydrogen-bond acceptors (Lipinski definition) is 4. The molecule has 3 aliphatic rings. The number of fused-ring (bicyclic) bond motifs is 4. The van der Waals surface area contributed by atoms with Crippen LogP contribution in [0.3, 0.4) is 0 Å². The molecule has 29 heavy (non-hydrogen) atoms. The number of oxazole rings is 1. The molecule has 8 heteroatoms. The molecule has 0 radical (unpaired) electrons. The Labute approximate surface area is 191 Å². The fourth-order valence-corrected chi connectivity index (χ4v) is 6.12. The monoisotopic (exact) mass is 541 g/mol. The van der Waals surface area contributed by atoms with Crippen molar-refractivity contribution in [2.45, 2.75) is 22.9 Å². The molecular formula is C21H18Cl2IN3O2. The lowest BCUT2D eigenvalue weighted by Gasteiger charge is -2.48. The van der Waals surface area contributed by atoms with Gasteiger partial charge >= 0.3 is 0 Å². The number of aromatic nitrogens is 1. The first-order valence-corrected chi connectivity index (χ1v) is 11.6. The number of nitrogens with one attached hydrogen (secondary N) is 1. The molecule has 3 saturated heterocycles. The van der Waals surface area contributed by atoms with E-state index in [9.17, 15) is 4.79 Å². The van der Waals surface area contributed by atoms with Gasteiger partial charge in [0.1, 0.15) is 5.52 Å². The van der Waals surface area contributed by atoms with Crippen LogP contribution in [0.1, 0.15) is 23.2 Å². The topological polar surface area (TPSA) is 58.4 Å². The number of amides is 1. The highest BCUT2D eigenvalue weighted by atomic mass is 127. The lowest BCUT2D eigenvalue weighted by atomic mass is 9.84. The molecule has 2 atom stereocenters. The van der Waals surface area contributed by atoms with Gasteiger partial charge in [0.05, 0.1) is 26.2 Å². The van der Waals surface area contributed by atoms with Crippen LogP contribution in [0.15, 0.2) is 40.8 Å². The van der Waals surface area contributed by atoms with Crippen molar-refractivity contribution in [1.82, 2.24) is 15.2 Å². The molecule has 1 N–H and O–H groups in total. The summed E-state index contributed by atoms with van der Waals surface area (Å²) in [6, 6.07) is 10.7. The van der Waals surface area contributed by atoms with Gasteiger partial charge in [-0.05, 0) is 62.2 Å². The van der Waals surface area contributed by atoms with Crippen LogP contribution in [0.2, 0.25) is 10.0 Å². The summed E-state index contributed by atoms with van der Waals surface area (Å²) in [5.41, 5.74) is 2.25.